The second-order valence-corrected chi connectivity index (χ2v) is 5.41. The van der Waals surface area contributed by atoms with Crippen molar-refractivity contribution in [2.24, 2.45) is 0 Å². The maximum atomic E-state index is 12.1. The molecule has 0 atom stereocenters. The Hall–Kier alpha value is -3.08. The van der Waals surface area contributed by atoms with E-state index in [0.717, 1.165) is 28.2 Å². The first-order valence-electron chi connectivity index (χ1n) is 7.30. The molecule has 1 aliphatic rings. The van der Waals surface area contributed by atoms with Gasteiger partial charge in [0.1, 0.15) is 0 Å². The van der Waals surface area contributed by atoms with E-state index in [2.05, 4.69) is 16.0 Å². The molecule has 3 rings (SSSR count). The van der Waals surface area contributed by atoms with Crippen LogP contribution in [0.4, 0.5) is 17.1 Å². The van der Waals surface area contributed by atoms with E-state index in [4.69, 9.17) is 0 Å². The molecule has 23 heavy (non-hydrogen) atoms. The van der Waals surface area contributed by atoms with Gasteiger partial charge in [-0.05, 0) is 42.8 Å². The van der Waals surface area contributed by atoms with E-state index in [-0.39, 0.29) is 11.8 Å². The van der Waals surface area contributed by atoms with Gasteiger partial charge in [-0.1, -0.05) is 12.1 Å². The molecule has 0 saturated carbocycles. The molecule has 0 aliphatic carbocycles. The Morgan fingerprint density at radius 2 is 1.78 bits per heavy atom. The predicted octanol–water partition coefficient (Wildman–Crippen LogP) is 3.36. The van der Waals surface area contributed by atoms with Crippen molar-refractivity contribution in [2.45, 2.75) is 13.8 Å². The van der Waals surface area contributed by atoms with Gasteiger partial charge in [0, 0.05) is 35.7 Å². The lowest BCUT2D eigenvalue weighted by Crippen LogP contribution is -2.06. The summed E-state index contributed by atoms with van der Waals surface area (Å²) in [7, 11) is 0. The van der Waals surface area contributed by atoms with E-state index < -0.39 is 0 Å². The highest BCUT2D eigenvalue weighted by atomic mass is 16.2. The number of hydrogen-bond acceptors (Lipinski definition) is 3. The van der Waals surface area contributed by atoms with Gasteiger partial charge >= 0.3 is 0 Å². The van der Waals surface area contributed by atoms with E-state index in [1.54, 1.807) is 18.3 Å². The molecule has 0 fully saturated rings. The van der Waals surface area contributed by atoms with E-state index in [1.165, 1.54) is 6.92 Å². The zero-order valence-electron chi connectivity index (χ0n) is 12.9. The van der Waals surface area contributed by atoms with Crippen LogP contribution in [-0.2, 0) is 9.59 Å². The number of rotatable bonds is 3. The Bertz CT molecular complexity index is 808. The minimum absolute atomic E-state index is 0.109. The van der Waals surface area contributed by atoms with Crippen LogP contribution in [0, 0.1) is 6.92 Å². The normalized spacial score (nSPS) is 14.3. The minimum atomic E-state index is -0.114. The average molecular weight is 307 g/mol. The Morgan fingerprint density at radius 1 is 1.09 bits per heavy atom. The molecule has 116 valence electrons. The summed E-state index contributed by atoms with van der Waals surface area (Å²) in [6.45, 7) is 3.45. The first kappa shape index (κ1) is 14.8. The molecule has 1 aliphatic heterocycles. The van der Waals surface area contributed by atoms with Gasteiger partial charge in [0.2, 0.25) is 5.91 Å². The van der Waals surface area contributed by atoms with Crippen molar-refractivity contribution in [3.63, 3.8) is 0 Å². The summed E-state index contributed by atoms with van der Waals surface area (Å²) < 4.78 is 0. The number of carbonyl (C=O) groups is 2. The SMILES string of the molecule is CC(=O)Nc1ccc(NC=C2C(=O)Nc3cccc(C)c32)cc1. The Morgan fingerprint density at radius 3 is 2.48 bits per heavy atom. The second-order valence-electron chi connectivity index (χ2n) is 5.41. The fourth-order valence-electron chi connectivity index (χ4n) is 2.58. The van der Waals surface area contributed by atoms with E-state index >= 15 is 0 Å². The number of aryl methyl sites for hydroxylation is 1. The number of nitrogens with one attached hydrogen (secondary N) is 3. The van der Waals surface area contributed by atoms with Crippen molar-refractivity contribution < 1.29 is 9.59 Å². The van der Waals surface area contributed by atoms with Crippen LogP contribution in [0.25, 0.3) is 5.57 Å². The van der Waals surface area contributed by atoms with Crippen molar-refractivity contribution in [2.75, 3.05) is 16.0 Å². The number of fused-ring (bicyclic) bond motifs is 1. The zero-order valence-corrected chi connectivity index (χ0v) is 12.9. The lowest BCUT2D eigenvalue weighted by molar-refractivity contribution is -0.114. The van der Waals surface area contributed by atoms with Crippen molar-refractivity contribution in [3.05, 3.63) is 59.8 Å². The van der Waals surface area contributed by atoms with Gasteiger partial charge in [-0.25, -0.2) is 0 Å². The summed E-state index contributed by atoms with van der Waals surface area (Å²) in [5.74, 6) is -0.223. The largest absolute Gasteiger partial charge is 0.361 e. The molecule has 0 radical (unpaired) electrons. The molecule has 0 aromatic heterocycles. The minimum Gasteiger partial charge on any atom is -0.361 e. The number of benzene rings is 2. The summed E-state index contributed by atoms with van der Waals surface area (Å²) in [6, 6.07) is 13.1. The van der Waals surface area contributed by atoms with Crippen molar-refractivity contribution in [1.29, 1.82) is 0 Å². The maximum absolute atomic E-state index is 12.1. The first-order chi connectivity index (χ1) is 11.0. The lowest BCUT2D eigenvalue weighted by atomic mass is 10.0. The van der Waals surface area contributed by atoms with Crippen molar-refractivity contribution >= 4 is 34.4 Å². The molecule has 2 aromatic carbocycles. The highest BCUT2D eigenvalue weighted by Crippen LogP contribution is 2.34. The maximum Gasteiger partial charge on any atom is 0.257 e. The highest BCUT2D eigenvalue weighted by Gasteiger charge is 2.25. The van der Waals surface area contributed by atoms with Gasteiger partial charge in [0.25, 0.3) is 5.91 Å². The Balaban J connectivity index is 1.81. The topological polar surface area (TPSA) is 70.2 Å². The molecule has 0 spiro atoms. The van der Waals surface area contributed by atoms with Gasteiger partial charge in [0.15, 0.2) is 0 Å². The number of anilines is 3. The monoisotopic (exact) mass is 307 g/mol. The molecular weight excluding hydrogens is 290 g/mol. The van der Waals surface area contributed by atoms with Crippen molar-refractivity contribution in [1.82, 2.24) is 0 Å². The van der Waals surface area contributed by atoms with E-state index in [0.29, 0.717) is 5.57 Å². The average Bonchev–Trinajstić information content (AvgIpc) is 2.83. The third kappa shape index (κ3) is 3.08. The smallest absolute Gasteiger partial charge is 0.257 e. The molecule has 2 aromatic rings. The molecule has 2 amide bonds. The second kappa shape index (κ2) is 5.96. The summed E-state index contributed by atoms with van der Waals surface area (Å²) in [5.41, 5.74) is 5.00. The van der Waals surface area contributed by atoms with E-state index in [9.17, 15) is 9.59 Å². The summed E-state index contributed by atoms with van der Waals surface area (Å²) in [6.07, 6.45) is 1.71. The molecule has 1 heterocycles. The lowest BCUT2D eigenvalue weighted by Gasteiger charge is -2.06. The third-order valence-electron chi connectivity index (χ3n) is 3.62. The van der Waals surface area contributed by atoms with Crippen LogP contribution in [-0.4, -0.2) is 11.8 Å². The van der Waals surface area contributed by atoms with Gasteiger partial charge in [-0.2, -0.15) is 0 Å². The number of hydrogen-bond donors (Lipinski definition) is 3. The fourth-order valence-corrected chi connectivity index (χ4v) is 2.58. The highest BCUT2D eigenvalue weighted by molar-refractivity contribution is 6.32. The number of carbonyl (C=O) groups excluding carboxylic acids is 2. The summed E-state index contributed by atoms with van der Waals surface area (Å²) >= 11 is 0. The van der Waals surface area contributed by atoms with Crippen LogP contribution < -0.4 is 16.0 Å². The predicted molar refractivity (Wildman–Crippen MR) is 92.2 cm³/mol. The molecule has 3 N–H and O–H groups in total. The van der Waals surface area contributed by atoms with Gasteiger partial charge in [0.05, 0.1) is 5.57 Å². The Labute approximate surface area is 134 Å². The van der Waals surface area contributed by atoms with Crippen LogP contribution in [0.2, 0.25) is 0 Å². The molecule has 5 nitrogen and oxygen atoms in total. The number of amides is 2. The Kier molecular flexibility index (Phi) is 3.85. The van der Waals surface area contributed by atoms with Gasteiger partial charge < -0.3 is 16.0 Å². The molecule has 5 heteroatoms. The first-order valence-corrected chi connectivity index (χ1v) is 7.30. The van der Waals surface area contributed by atoms with Crippen LogP contribution in [0.5, 0.6) is 0 Å². The third-order valence-corrected chi connectivity index (χ3v) is 3.62. The van der Waals surface area contributed by atoms with Crippen molar-refractivity contribution in [3.8, 4) is 0 Å². The molecule has 0 unspecified atom stereocenters. The van der Waals surface area contributed by atoms with Crippen LogP contribution >= 0.6 is 0 Å². The van der Waals surface area contributed by atoms with Crippen LogP contribution in [0.3, 0.4) is 0 Å². The zero-order chi connectivity index (χ0) is 16.4. The summed E-state index contributed by atoms with van der Waals surface area (Å²) in [4.78, 5) is 23.1. The van der Waals surface area contributed by atoms with Crippen LogP contribution in [0.15, 0.2) is 48.7 Å². The molecule has 0 bridgehead atoms. The quantitative estimate of drug-likeness (QED) is 0.762. The van der Waals surface area contributed by atoms with E-state index in [1.807, 2.05) is 37.3 Å². The summed E-state index contributed by atoms with van der Waals surface area (Å²) in [5, 5.41) is 8.70. The van der Waals surface area contributed by atoms with Gasteiger partial charge in [-0.3, -0.25) is 9.59 Å². The fraction of sp³-hybridized carbons (Fsp3) is 0.111. The van der Waals surface area contributed by atoms with Crippen LogP contribution in [0.1, 0.15) is 18.1 Å². The van der Waals surface area contributed by atoms with Gasteiger partial charge in [-0.15, -0.1) is 0 Å². The standard InChI is InChI=1S/C18H17N3O2/c1-11-4-3-5-16-17(11)15(18(23)21-16)10-19-13-6-8-14(9-7-13)20-12(2)22/h3-10,19H,1-2H3,(H,20,22)(H,21,23). The molecular formula is C18H17N3O2. The molecule has 0 saturated heterocycles.